The van der Waals surface area contributed by atoms with E-state index in [4.69, 9.17) is 0 Å². The second kappa shape index (κ2) is 8.03. The Morgan fingerprint density at radius 1 is 0.963 bits per heavy atom. The average Bonchev–Trinajstić information content (AvgIpc) is 2.61. The Balaban J connectivity index is 1.92. The van der Waals surface area contributed by atoms with Crippen molar-refractivity contribution < 1.29 is 35.2 Å². The predicted molar refractivity (Wildman–Crippen MR) is 87.1 cm³/mol. The highest BCUT2D eigenvalue weighted by Gasteiger charge is 2.30. The van der Waals surface area contributed by atoms with Gasteiger partial charge in [-0.15, -0.1) is 0 Å². The average molecular weight is 407 g/mol. The smallest absolute Gasteiger partial charge is 0.352 e. The van der Waals surface area contributed by atoms with Crippen LogP contribution in [0.3, 0.4) is 0 Å². The first-order valence-electron chi connectivity index (χ1n) is 7.58. The summed E-state index contributed by atoms with van der Waals surface area (Å²) < 4.78 is 84.9. The van der Waals surface area contributed by atoms with Crippen LogP contribution in [0, 0.1) is 0 Å². The van der Waals surface area contributed by atoms with Crippen molar-refractivity contribution in [1.82, 2.24) is 5.32 Å². The Morgan fingerprint density at radius 2 is 1.52 bits per heavy atom. The molecule has 0 aliphatic carbocycles. The van der Waals surface area contributed by atoms with E-state index in [9.17, 15) is 35.2 Å². The molecule has 0 aliphatic heterocycles. The molecule has 2 aromatic carbocycles. The Kier molecular flexibility index (Phi) is 6.19. The van der Waals surface area contributed by atoms with Crippen LogP contribution >= 0.6 is 0 Å². The summed E-state index contributed by atoms with van der Waals surface area (Å²) in [6.07, 6.45) is -4.14. The highest BCUT2D eigenvalue weighted by atomic mass is 32.2. The number of carbonyl (C=O) groups is 1. The highest BCUT2D eigenvalue weighted by molar-refractivity contribution is 7.91. The molecule has 0 unspecified atom stereocenters. The van der Waals surface area contributed by atoms with Gasteiger partial charge in [0.05, 0.1) is 10.5 Å². The maximum absolute atomic E-state index is 12.5. The minimum absolute atomic E-state index is 0.0654. The van der Waals surface area contributed by atoms with Crippen molar-refractivity contribution >= 4 is 15.7 Å². The molecule has 1 N–H and O–H groups in total. The Hall–Kier alpha value is -2.49. The molecule has 0 heterocycles. The molecule has 0 aromatic heterocycles. The van der Waals surface area contributed by atoms with Crippen LogP contribution in [0.1, 0.15) is 21.5 Å². The van der Waals surface area contributed by atoms with Gasteiger partial charge in [0.15, 0.2) is 0 Å². The van der Waals surface area contributed by atoms with Gasteiger partial charge in [-0.25, -0.2) is 8.42 Å². The molecule has 0 atom stereocenters. The monoisotopic (exact) mass is 407 g/mol. The molecule has 0 radical (unpaired) electrons. The van der Waals surface area contributed by atoms with Crippen LogP contribution in [-0.4, -0.2) is 26.6 Å². The molecule has 146 valence electrons. The summed E-state index contributed by atoms with van der Waals surface area (Å²) in [6, 6.07) is 8.51. The number of hydrogen-bond acceptors (Lipinski definition) is 3. The number of halogens is 5. The molecule has 0 fully saturated rings. The van der Waals surface area contributed by atoms with Crippen molar-refractivity contribution in [3.05, 3.63) is 65.2 Å². The lowest BCUT2D eigenvalue weighted by Crippen LogP contribution is -2.25. The lowest BCUT2D eigenvalue weighted by Gasteiger charge is -2.09. The SMILES string of the molecule is O=C(NCCc1ccc(C(F)(F)F)cc1)c1ccc(S(=O)(=O)C(F)F)cc1. The zero-order valence-corrected chi connectivity index (χ0v) is 14.4. The van der Waals surface area contributed by atoms with Crippen LogP contribution in [-0.2, 0) is 22.4 Å². The first kappa shape index (κ1) is 20.8. The van der Waals surface area contributed by atoms with E-state index in [0.717, 1.165) is 36.4 Å². The van der Waals surface area contributed by atoms with Crippen molar-refractivity contribution in [3.8, 4) is 0 Å². The van der Waals surface area contributed by atoms with Crippen LogP contribution in [0.5, 0.6) is 0 Å². The summed E-state index contributed by atoms with van der Waals surface area (Å²) in [5, 5.41) is 2.51. The third-order valence-electron chi connectivity index (χ3n) is 3.66. The topological polar surface area (TPSA) is 63.2 Å². The highest BCUT2D eigenvalue weighted by Crippen LogP contribution is 2.29. The number of alkyl halides is 5. The molecule has 0 bridgehead atoms. The fourth-order valence-corrected chi connectivity index (χ4v) is 2.90. The Bertz CT molecular complexity index is 892. The van der Waals surface area contributed by atoms with Gasteiger partial charge in [0.1, 0.15) is 0 Å². The zero-order valence-electron chi connectivity index (χ0n) is 13.6. The minimum Gasteiger partial charge on any atom is -0.352 e. The molecule has 0 saturated carbocycles. The molecular weight excluding hydrogens is 393 g/mol. The number of nitrogens with one attached hydrogen (secondary N) is 1. The van der Waals surface area contributed by atoms with Crippen LogP contribution in [0.2, 0.25) is 0 Å². The fourth-order valence-electron chi connectivity index (χ4n) is 2.18. The molecular formula is C17H14F5NO3S. The molecule has 0 saturated heterocycles. The van der Waals surface area contributed by atoms with E-state index in [1.807, 2.05) is 0 Å². The van der Waals surface area contributed by atoms with Crippen LogP contribution in [0.15, 0.2) is 53.4 Å². The van der Waals surface area contributed by atoms with Gasteiger partial charge in [0.2, 0.25) is 9.84 Å². The number of amides is 1. The number of sulfone groups is 1. The summed E-state index contributed by atoms with van der Waals surface area (Å²) >= 11 is 0. The predicted octanol–water partition coefficient (Wildman–Crippen LogP) is 3.67. The van der Waals surface area contributed by atoms with Gasteiger partial charge in [-0.05, 0) is 48.4 Å². The zero-order chi connectivity index (χ0) is 20.2. The van der Waals surface area contributed by atoms with Gasteiger partial charge in [-0.3, -0.25) is 4.79 Å². The number of benzene rings is 2. The molecule has 2 aromatic rings. The van der Waals surface area contributed by atoms with Gasteiger partial charge < -0.3 is 5.32 Å². The number of rotatable bonds is 6. The van der Waals surface area contributed by atoms with E-state index in [2.05, 4.69) is 5.32 Å². The van der Waals surface area contributed by atoms with E-state index < -0.39 is 38.1 Å². The van der Waals surface area contributed by atoms with E-state index in [1.54, 1.807) is 0 Å². The number of hydrogen-bond donors (Lipinski definition) is 1. The van der Waals surface area contributed by atoms with Crippen molar-refractivity contribution in [1.29, 1.82) is 0 Å². The standard InChI is InChI=1S/C17H14F5NO3S/c18-16(19)27(25,26)14-7-3-12(4-8-14)15(24)23-10-9-11-1-5-13(6-2-11)17(20,21)22/h1-8,16H,9-10H2,(H,23,24). The van der Waals surface area contributed by atoms with E-state index >= 15 is 0 Å². The molecule has 4 nitrogen and oxygen atoms in total. The molecule has 10 heteroatoms. The quantitative estimate of drug-likeness (QED) is 0.744. The van der Waals surface area contributed by atoms with E-state index in [-0.39, 0.29) is 18.5 Å². The summed E-state index contributed by atoms with van der Waals surface area (Å²) in [5.41, 5.74) is -0.119. The Morgan fingerprint density at radius 3 is 2.00 bits per heavy atom. The van der Waals surface area contributed by atoms with E-state index in [1.165, 1.54) is 12.1 Å². The lowest BCUT2D eigenvalue weighted by atomic mass is 10.1. The second-order valence-corrected chi connectivity index (χ2v) is 7.45. The van der Waals surface area contributed by atoms with Crippen LogP contribution in [0.25, 0.3) is 0 Å². The minimum atomic E-state index is -4.73. The summed E-state index contributed by atoms with van der Waals surface area (Å²) in [7, 11) is -4.73. The van der Waals surface area contributed by atoms with Crippen LogP contribution < -0.4 is 5.32 Å². The van der Waals surface area contributed by atoms with Gasteiger partial charge in [-0.2, -0.15) is 22.0 Å². The Labute approximate surface area is 151 Å². The summed E-state index contributed by atoms with van der Waals surface area (Å²) in [6.45, 7) is 0.126. The second-order valence-electron chi connectivity index (χ2n) is 5.53. The molecule has 1 amide bonds. The molecule has 0 spiro atoms. The van der Waals surface area contributed by atoms with Gasteiger partial charge in [0.25, 0.3) is 5.91 Å². The number of carbonyl (C=O) groups excluding carboxylic acids is 1. The third-order valence-corrected chi connectivity index (χ3v) is 5.06. The molecule has 27 heavy (non-hydrogen) atoms. The molecule has 0 aliphatic rings. The van der Waals surface area contributed by atoms with Crippen molar-refractivity contribution in [3.63, 3.8) is 0 Å². The van der Waals surface area contributed by atoms with Crippen LogP contribution in [0.4, 0.5) is 22.0 Å². The fraction of sp³-hybridized carbons (Fsp3) is 0.235. The first-order chi connectivity index (χ1) is 12.5. The largest absolute Gasteiger partial charge is 0.416 e. The first-order valence-corrected chi connectivity index (χ1v) is 9.13. The summed E-state index contributed by atoms with van der Waals surface area (Å²) in [4.78, 5) is 11.4. The maximum Gasteiger partial charge on any atom is 0.416 e. The summed E-state index contributed by atoms with van der Waals surface area (Å²) in [5.74, 6) is -4.12. The van der Waals surface area contributed by atoms with Crippen molar-refractivity contribution in [2.45, 2.75) is 23.3 Å². The normalized spacial score (nSPS) is 12.2. The van der Waals surface area contributed by atoms with Crippen molar-refractivity contribution in [2.75, 3.05) is 6.54 Å². The third kappa shape index (κ3) is 5.25. The molecule has 2 rings (SSSR count). The van der Waals surface area contributed by atoms with Gasteiger partial charge >= 0.3 is 11.9 Å². The lowest BCUT2D eigenvalue weighted by molar-refractivity contribution is -0.137. The van der Waals surface area contributed by atoms with Gasteiger partial charge in [-0.1, -0.05) is 12.1 Å². The van der Waals surface area contributed by atoms with Gasteiger partial charge in [0, 0.05) is 12.1 Å². The van der Waals surface area contributed by atoms with E-state index in [0.29, 0.717) is 5.56 Å². The maximum atomic E-state index is 12.5. The van der Waals surface area contributed by atoms with Crippen molar-refractivity contribution in [2.24, 2.45) is 0 Å².